The molecule has 1 amide bonds. The fraction of sp³-hybridized carbons (Fsp3) is 0.611. The molecule has 1 aliphatic carbocycles. The maximum Gasteiger partial charge on any atom is 0.225 e. The van der Waals surface area contributed by atoms with Gasteiger partial charge in [-0.15, -0.1) is 12.4 Å². The van der Waals surface area contributed by atoms with E-state index in [0.717, 1.165) is 43.4 Å². The van der Waals surface area contributed by atoms with E-state index in [0.29, 0.717) is 0 Å². The summed E-state index contributed by atoms with van der Waals surface area (Å²) in [5, 5.41) is 0. The topological polar surface area (TPSA) is 55.6 Å². The summed E-state index contributed by atoms with van der Waals surface area (Å²) >= 11 is 0. The maximum absolute atomic E-state index is 12.7. The lowest BCUT2D eigenvalue weighted by Gasteiger charge is -2.32. The first kappa shape index (κ1) is 19.8. The standard InChI is InChI=1S/C18H28N2O2.ClH/c1-13(11-14-7-4-5-10-17(14)22-3)20(2)18(21)15-8-6-9-16(19)12-15;/h4-5,7,10,13,15-16H,6,8-9,11-12,19H2,1-3H3;1H. The van der Waals surface area contributed by atoms with Crippen LogP contribution in [-0.4, -0.2) is 37.0 Å². The van der Waals surface area contributed by atoms with Gasteiger partial charge in [0, 0.05) is 25.0 Å². The highest BCUT2D eigenvalue weighted by Gasteiger charge is 2.29. The van der Waals surface area contributed by atoms with Gasteiger partial charge in [-0.25, -0.2) is 0 Å². The SMILES string of the molecule is COc1ccccc1CC(C)N(C)C(=O)C1CCCC(N)C1.Cl. The Morgan fingerprint density at radius 1 is 1.39 bits per heavy atom. The first-order chi connectivity index (χ1) is 10.5. The molecule has 0 saturated heterocycles. The van der Waals surface area contributed by atoms with Crippen LogP contribution in [0.15, 0.2) is 24.3 Å². The smallest absolute Gasteiger partial charge is 0.225 e. The van der Waals surface area contributed by atoms with Gasteiger partial charge >= 0.3 is 0 Å². The molecule has 0 aromatic heterocycles. The fourth-order valence-electron chi connectivity index (χ4n) is 3.28. The largest absolute Gasteiger partial charge is 0.496 e. The van der Waals surface area contributed by atoms with Gasteiger partial charge in [0.2, 0.25) is 5.91 Å². The number of amides is 1. The number of nitrogens with two attached hydrogens (primary N) is 1. The predicted molar refractivity (Wildman–Crippen MR) is 96.1 cm³/mol. The van der Waals surface area contributed by atoms with Crippen molar-refractivity contribution in [2.75, 3.05) is 14.2 Å². The van der Waals surface area contributed by atoms with E-state index in [1.165, 1.54) is 0 Å². The molecule has 0 heterocycles. The molecular formula is C18H29ClN2O2. The van der Waals surface area contributed by atoms with Crippen molar-refractivity contribution in [3.8, 4) is 5.75 Å². The zero-order valence-corrected chi connectivity index (χ0v) is 15.1. The molecule has 23 heavy (non-hydrogen) atoms. The molecule has 1 aromatic rings. The van der Waals surface area contributed by atoms with Crippen LogP contribution in [0.25, 0.3) is 0 Å². The summed E-state index contributed by atoms with van der Waals surface area (Å²) in [5.41, 5.74) is 7.15. The number of nitrogens with zero attached hydrogens (tertiary/aromatic N) is 1. The van der Waals surface area contributed by atoms with Crippen molar-refractivity contribution in [3.63, 3.8) is 0 Å². The summed E-state index contributed by atoms with van der Waals surface area (Å²) in [6.07, 6.45) is 4.70. The van der Waals surface area contributed by atoms with Crippen LogP contribution in [0.3, 0.4) is 0 Å². The van der Waals surface area contributed by atoms with E-state index < -0.39 is 0 Å². The van der Waals surface area contributed by atoms with Gasteiger partial charge in [0.25, 0.3) is 0 Å². The van der Waals surface area contributed by atoms with Gasteiger partial charge in [0.05, 0.1) is 7.11 Å². The number of rotatable bonds is 5. The van der Waals surface area contributed by atoms with E-state index >= 15 is 0 Å². The number of hydrogen-bond acceptors (Lipinski definition) is 3. The minimum absolute atomic E-state index is 0. The van der Waals surface area contributed by atoms with Crippen LogP contribution in [0.5, 0.6) is 5.75 Å². The molecule has 5 heteroatoms. The van der Waals surface area contributed by atoms with Crippen molar-refractivity contribution in [2.45, 2.75) is 51.1 Å². The fourth-order valence-corrected chi connectivity index (χ4v) is 3.28. The minimum Gasteiger partial charge on any atom is -0.496 e. The average Bonchev–Trinajstić information content (AvgIpc) is 2.54. The second-order valence-corrected chi connectivity index (χ2v) is 6.44. The van der Waals surface area contributed by atoms with Gasteiger partial charge in [-0.1, -0.05) is 24.6 Å². The van der Waals surface area contributed by atoms with Crippen LogP contribution < -0.4 is 10.5 Å². The second-order valence-electron chi connectivity index (χ2n) is 6.44. The van der Waals surface area contributed by atoms with Crippen molar-refractivity contribution in [3.05, 3.63) is 29.8 Å². The highest BCUT2D eigenvalue weighted by Crippen LogP contribution is 2.26. The zero-order chi connectivity index (χ0) is 16.1. The Balaban J connectivity index is 0.00000264. The molecule has 2 rings (SSSR count). The summed E-state index contributed by atoms with van der Waals surface area (Å²) in [5.74, 6) is 1.21. The Labute approximate surface area is 145 Å². The maximum atomic E-state index is 12.7. The molecule has 0 bridgehead atoms. The number of carbonyl (C=O) groups is 1. The monoisotopic (exact) mass is 340 g/mol. The van der Waals surface area contributed by atoms with E-state index in [2.05, 4.69) is 13.0 Å². The molecular weight excluding hydrogens is 312 g/mol. The Kier molecular flexibility index (Phi) is 7.86. The van der Waals surface area contributed by atoms with Crippen molar-refractivity contribution < 1.29 is 9.53 Å². The zero-order valence-electron chi connectivity index (χ0n) is 14.3. The Morgan fingerprint density at radius 2 is 2.09 bits per heavy atom. The molecule has 4 nitrogen and oxygen atoms in total. The van der Waals surface area contributed by atoms with Crippen molar-refractivity contribution >= 4 is 18.3 Å². The molecule has 0 spiro atoms. The number of halogens is 1. The lowest BCUT2D eigenvalue weighted by atomic mass is 9.85. The predicted octanol–water partition coefficient (Wildman–Crippen LogP) is 3.02. The van der Waals surface area contributed by atoms with Gasteiger partial charge in [-0.3, -0.25) is 4.79 Å². The summed E-state index contributed by atoms with van der Waals surface area (Å²) in [4.78, 5) is 14.6. The normalized spacial score (nSPS) is 21.9. The summed E-state index contributed by atoms with van der Waals surface area (Å²) in [7, 11) is 3.59. The molecule has 0 aliphatic heterocycles. The number of ether oxygens (including phenoxy) is 1. The van der Waals surface area contributed by atoms with Crippen molar-refractivity contribution in [1.29, 1.82) is 0 Å². The Bertz CT molecular complexity index is 510. The van der Waals surface area contributed by atoms with E-state index in [1.54, 1.807) is 7.11 Å². The van der Waals surface area contributed by atoms with Gasteiger partial charge in [-0.05, 0) is 44.2 Å². The summed E-state index contributed by atoms with van der Waals surface area (Å²) in [6, 6.07) is 8.31. The van der Waals surface area contributed by atoms with E-state index in [1.807, 2.05) is 30.1 Å². The van der Waals surface area contributed by atoms with Crippen LogP contribution in [0.2, 0.25) is 0 Å². The first-order valence-electron chi connectivity index (χ1n) is 8.17. The molecule has 0 radical (unpaired) electrons. The number of likely N-dealkylation sites (N-methyl/N-ethyl adjacent to an activating group) is 1. The van der Waals surface area contributed by atoms with Gasteiger partial charge in [-0.2, -0.15) is 0 Å². The van der Waals surface area contributed by atoms with Crippen LogP contribution in [0.4, 0.5) is 0 Å². The molecule has 3 atom stereocenters. The molecule has 1 aliphatic rings. The first-order valence-corrected chi connectivity index (χ1v) is 8.17. The highest BCUT2D eigenvalue weighted by molar-refractivity contribution is 5.85. The van der Waals surface area contributed by atoms with E-state index in [9.17, 15) is 4.79 Å². The van der Waals surface area contributed by atoms with Crippen LogP contribution in [0, 0.1) is 5.92 Å². The number of benzene rings is 1. The number of hydrogen-bond donors (Lipinski definition) is 1. The van der Waals surface area contributed by atoms with Crippen molar-refractivity contribution in [1.82, 2.24) is 4.90 Å². The lowest BCUT2D eigenvalue weighted by molar-refractivity contribution is -0.137. The number of methoxy groups -OCH3 is 1. The summed E-state index contributed by atoms with van der Waals surface area (Å²) in [6.45, 7) is 2.09. The van der Waals surface area contributed by atoms with Crippen LogP contribution in [-0.2, 0) is 11.2 Å². The summed E-state index contributed by atoms with van der Waals surface area (Å²) < 4.78 is 5.40. The molecule has 1 fully saturated rings. The lowest BCUT2D eigenvalue weighted by Crippen LogP contribution is -2.43. The molecule has 1 saturated carbocycles. The van der Waals surface area contributed by atoms with E-state index in [4.69, 9.17) is 10.5 Å². The minimum atomic E-state index is 0. The van der Waals surface area contributed by atoms with Crippen LogP contribution >= 0.6 is 12.4 Å². The third kappa shape index (κ3) is 5.11. The third-order valence-electron chi connectivity index (χ3n) is 4.78. The van der Waals surface area contributed by atoms with Gasteiger partial charge < -0.3 is 15.4 Å². The van der Waals surface area contributed by atoms with Crippen LogP contribution in [0.1, 0.15) is 38.2 Å². The molecule has 130 valence electrons. The van der Waals surface area contributed by atoms with Gasteiger partial charge in [0.1, 0.15) is 5.75 Å². The molecule has 3 unspecified atom stereocenters. The number of carbonyl (C=O) groups excluding carboxylic acids is 1. The van der Waals surface area contributed by atoms with Crippen molar-refractivity contribution in [2.24, 2.45) is 11.7 Å². The quantitative estimate of drug-likeness (QED) is 0.896. The Hall–Kier alpha value is -1.26. The number of para-hydroxylation sites is 1. The van der Waals surface area contributed by atoms with Gasteiger partial charge in [0.15, 0.2) is 0 Å². The Morgan fingerprint density at radius 3 is 2.74 bits per heavy atom. The van der Waals surface area contributed by atoms with E-state index in [-0.39, 0.29) is 36.3 Å². The average molecular weight is 341 g/mol. The molecule has 2 N–H and O–H groups in total. The molecule has 1 aromatic carbocycles. The highest BCUT2D eigenvalue weighted by atomic mass is 35.5. The third-order valence-corrected chi connectivity index (χ3v) is 4.78. The second kappa shape index (κ2) is 9.14.